The average molecular weight is 386 g/mol. The van der Waals surface area contributed by atoms with Crippen LogP contribution < -0.4 is 0 Å². The molecule has 6 nitrogen and oxygen atoms in total. The molecule has 1 aliphatic rings. The molecule has 1 saturated carbocycles. The summed E-state index contributed by atoms with van der Waals surface area (Å²) in [5, 5.41) is 13.6. The Morgan fingerprint density at radius 2 is 2.27 bits per heavy atom. The van der Waals surface area contributed by atoms with Crippen molar-refractivity contribution in [2.45, 2.75) is 30.6 Å². The zero-order chi connectivity index (χ0) is 17.9. The summed E-state index contributed by atoms with van der Waals surface area (Å²) in [5.74, 6) is 1.29. The van der Waals surface area contributed by atoms with Gasteiger partial charge in [0.05, 0.1) is 5.75 Å². The largest absolute Gasteiger partial charge is 0.341 e. The molecule has 3 aromatic rings. The van der Waals surface area contributed by atoms with Gasteiger partial charge in [-0.1, -0.05) is 11.8 Å². The van der Waals surface area contributed by atoms with Gasteiger partial charge in [0.2, 0.25) is 5.91 Å². The van der Waals surface area contributed by atoms with Crippen LogP contribution in [0.15, 0.2) is 46.5 Å². The van der Waals surface area contributed by atoms with E-state index in [2.05, 4.69) is 25.1 Å². The van der Waals surface area contributed by atoms with Crippen molar-refractivity contribution in [3.8, 4) is 11.4 Å². The third kappa shape index (κ3) is 3.81. The molecular weight excluding hydrogens is 366 g/mol. The van der Waals surface area contributed by atoms with E-state index in [1.165, 1.54) is 11.8 Å². The maximum absolute atomic E-state index is 12.5. The normalized spacial score (nSPS) is 13.7. The lowest BCUT2D eigenvalue weighted by Crippen LogP contribution is -2.27. The Balaban J connectivity index is 1.45. The molecule has 0 N–H and O–H groups in total. The standard InChI is InChI=1S/C18H19N5OS2/c1-22(10-13-6-8-25-11-13)16(24)12-26-18-21-20-17(23(18)15-4-5-15)14-3-2-7-19-9-14/h2-3,6-9,11,15H,4-5,10,12H2,1H3. The molecule has 26 heavy (non-hydrogen) atoms. The first-order chi connectivity index (χ1) is 12.7. The van der Waals surface area contributed by atoms with E-state index in [1.54, 1.807) is 28.6 Å². The molecule has 134 valence electrons. The van der Waals surface area contributed by atoms with Gasteiger partial charge in [-0.2, -0.15) is 11.3 Å². The molecule has 0 atom stereocenters. The third-order valence-corrected chi connectivity index (χ3v) is 5.91. The van der Waals surface area contributed by atoms with Crippen molar-refractivity contribution in [3.63, 3.8) is 0 Å². The zero-order valence-electron chi connectivity index (χ0n) is 14.4. The van der Waals surface area contributed by atoms with Gasteiger partial charge in [0.1, 0.15) is 0 Å². The van der Waals surface area contributed by atoms with Gasteiger partial charge >= 0.3 is 0 Å². The van der Waals surface area contributed by atoms with Crippen LogP contribution in [0.4, 0.5) is 0 Å². The quantitative estimate of drug-likeness (QED) is 0.583. The predicted octanol–water partition coefficient (Wildman–Crippen LogP) is 3.49. The van der Waals surface area contributed by atoms with Crippen LogP contribution >= 0.6 is 23.1 Å². The minimum absolute atomic E-state index is 0.0921. The van der Waals surface area contributed by atoms with Gasteiger partial charge < -0.3 is 4.90 Å². The molecule has 0 radical (unpaired) electrons. The first kappa shape index (κ1) is 17.2. The first-order valence-corrected chi connectivity index (χ1v) is 10.4. The van der Waals surface area contributed by atoms with Gasteiger partial charge in [-0.05, 0) is 47.4 Å². The molecule has 0 unspecified atom stereocenters. The number of rotatable bonds is 7. The molecule has 0 aromatic carbocycles. The zero-order valence-corrected chi connectivity index (χ0v) is 16.0. The summed E-state index contributed by atoms with van der Waals surface area (Å²) < 4.78 is 2.16. The fraction of sp³-hybridized carbons (Fsp3) is 0.333. The number of nitrogens with zero attached hydrogens (tertiary/aromatic N) is 5. The van der Waals surface area contributed by atoms with Crippen LogP contribution in [0.25, 0.3) is 11.4 Å². The predicted molar refractivity (Wildman–Crippen MR) is 103 cm³/mol. The van der Waals surface area contributed by atoms with E-state index in [4.69, 9.17) is 0 Å². The highest BCUT2D eigenvalue weighted by Crippen LogP contribution is 2.40. The Morgan fingerprint density at radius 3 is 2.96 bits per heavy atom. The summed E-state index contributed by atoms with van der Waals surface area (Å²) in [5.41, 5.74) is 2.12. The highest BCUT2D eigenvalue weighted by atomic mass is 32.2. The van der Waals surface area contributed by atoms with E-state index in [0.29, 0.717) is 18.3 Å². The Labute approximate surface area is 160 Å². The summed E-state index contributed by atoms with van der Waals surface area (Å²) in [4.78, 5) is 18.4. The lowest BCUT2D eigenvalue weighted by atomic mass is 10.3. The van der Waals surface area contributed by atoms with E-state index in [1.807, 2.05) is 30.6 Å². The Bertz CT molecular complexity index is 874. The topological polar surface area (TPSA) is 63.9 Å². The number of aromatic nitrogens is 4. The molecule has 1 amide bonds. The van der Waals surface area contributed by atoms with Crippen LogP contribution in [0.3, 0.4) is 0 Å². The fourth-order valence-corrected chi connectivity index (χ4v) is 4.32. The molecule has 0 aliphatic heterocycles. The van der Waals surface area contributed by atoms with Gasteiger partial charge in [-0.25, -0.2) is 0 Å². The van der Waals surface area contributed by atoms with Gasteiger partial charge in [-0.15, -0.1) is 10.2 Å². The SMILES string of the molecule is CN(Cc1ccsc1)C(=O)CSc1nnc(-c2cccnc2)n1C1CC1. The molecule has 3 aromatic heterocycles. The number of thioether (sulfide) groups is 1. The second-order valence-electron chi connectivity index (χ2n) is 6.32. The van der Waals surface area contributed by atoms with E-state index in [-0.39, 0.29) is 5.91 Å². The first-order valence-electron chi connectivity index (χ1n) is 8.45. The summed E-state index contributed by atoms with van der Waals surface area (Å²) in [6, 6.07) is 6.37. The molecule has 0 saturated heterocycles. The van der Waals surface area contributed by atoms with Crippen LogP contribution in [0, 0.1) is 0 Å². The number of pyridine rings is 1. The number of hydrogen-bond donors (Lipinski definition) is 0. The Hall–Kier alpha value is -2.19. The molecule has 8 heteroatoms. The molecule has 1 aliphatic carbocycles. The monoisotopic (exact) mass is 385 g/mol. The fourth-order valence-electron chi connectivity index (χ4n) is 2.71. The van der Waals surface area contributed by atoms with Crippen LogP contribution in [0.1, 0.15) is 24.4 Å². The van der Waals surface area contributed by atoms with Crippen molar-refractivity contribution in [3.05, 3.63) is 46.9 Å². The minimum atomic E-state index is 0.0921. The van der Waals surface area contributed by atoms with Crippen molar-refractivity contribution in [1.82, 2.24) is 24.6 Å². The molecule has 0 spiro atoms. The van der Waals surface area contributed by atoms with Crippen molar-refractivity contribution in [1.29, 1.82) is 0 Å². The van der Waals surface area contributed by atoms with E-state index >= 15 is 0 Å². The van der Waals surface area contributed by atoms with E-state index < -0.39 is 0 Å². The van der Waals surface area contributed by atoms with Gasteiger partial charge in [-0.3, -0.25) is 14.3 Å². The maximum Gasteiger partial charge on any atom is 0.233 e. The second kappa shape index (κ2) is 7.59. The molecule has 3 heterocycles. The Kier molecular flexibility index (Phi) is 5.03. The summed E-state index contributed by atoms with van der Waals surface area (Å²) in [7, 11) is 1.84. The second-order valence-corrected chi connectivity index (χ2v) is 8.04. The number of carbonyl (C=O) groups excluding carboxylic acids is 1. The van der Waals surface area contributed by atoms with Crippen LogP contribution in [0.2, 0.25) is 0 Å². The highest BCUT2D eigenvalue weighted by molar-refractivity contribution is 7.99. The molecule has 0 bridgehead atoms. The molecule has 1 fully saturated rings. The summed E-state index contributed by atoms with van der Waals surface area (Å²) in [6.45, 7) is 0.638. The number of carbonyl (C=O) groups is 1. The summed E-state index contributed by atoms with van der Waals surface area (Å²) in [6.07, 6.45) is 5.81. The highest BCUT2D eigenvalue weighted by Gasteiger charge is 2.30. The lowest BCUT2D eigenvalue weighted by Gasteiger charge is -2.16. The lowest BCUT2D eigenvalue weighted by molar-refractivity contribution is -0.127. The maximum atomic E-state index is 12.5. The van der Waals surface area contributed by atoms with Gasteiger partial charge in [0.25, 0.3) is 0 Å². The van der Waals surface area contributed by atoms with Gasteiger partial charge in [0, 0.05) is 37.6 Å². The third-order valence-electron chi connectivity index (χ3n) is 4.25. The van der Waals surface area contributed by atoms with E-state index in [0.717, 1.165) is 34.9 Å². The van der Waals surface area contributed by atoms with Crippen LogP contribution in [-0.4, -0.2) is 43.4 Å². The molecular formula is C18H19N5OS2. The van der Waals surface area contributed by atoms with Crippen LogP contribution in [-0.2, 0) is 11.3 Å². The number of hydrogen-bond acceptors (Lipinski definition) is 6. The Morgan fingerprint density at radius 1 is 1.38 bits per heavy atom. The van der Waals surface area contributed by atoms with E-state index in [9.17, 15) is 4.79 Å². The summed E-state index contributed by atoms with van der Waals surface area (Å²) >= 11 is 3.11. The number of thiophene rings is 1. The van der Waals surface area contributed by atoms with Gasteiger partial charge in [0.15, 0.2) is 11.0 Å². The van der Waals surface area contributed by atoms with Crippen LogP contribution in [0.5, 0.6) is 0 Å². The van der Waals surface area contributed by atoms with Crippen molar-refractivity contribution in [2.75, 3.05) is 12.8 Å². The van der Waals surface area contributed by atoms with Crippen molar-refractivity contribution >= 4 is 29.0 Å². The van der Waals surface area contributed by atoms with Crippen molar-refractivity contribution in [2.24, 2.45) is 0 Å². The average Bonchev–Trinajstić information content (AvgIpc) is 3.20. The number of amides is 1. The smallest absolute Gasteiger partial charge is 0.233 e. The minimum Gasteiger partial charge on any atom is -0.341 e. The molecule has 4 rings (SSSR count). The van der Waals surface area contributed by atoms with Crippen molar-refractivity contribution < 1.29 is 4.79 Å².